The number of pyridine rings is 1. The van der Waals surface area contributed by atoms with Gasteiger partial charge in [0.05, 0.1) is 11.9 Å². The summed E-state index contributed by atoms with van der Waals surface area (Å²) in [5.41, 5.74) is 4.01. The molecule has 0 amide bonds. The summed E-state index contributed by atoms with van der Waals surface area (Å²) >= 11 is 0. The Labute approximate surface area is 105 Å². The largest absolute Gasteiger partial charge is 0.264 e. The van der Waals surface area contributed by atoms with Gasteiger partial charge in [-0.1, -0.05) is 30.3 Å². The second-order valence-electron chi connectivity index (χ2n) is 3.94. The summed E-state index contributed by atoms with van der Waals surface area (Å²) < 4.78 is 0. The lowest BCUT2D eigenvalue weighted by molar-refractivity contribution is 1.04. The van der Waals surface area contributed by atoms with Gasteiger partial charge in [0, 0.05) is 23.5 Å². The van der Waals surface area contributed by atoms with Crippen molar-refractivity contribution >= 4 is 0 Å². The van der Waals surface area contributed by atoms with E-state index in [1.54, 1.807) is 18.6 Å². The quantitative estimate of drug-likeness (QED) is 0.682. The summed E-state index contributed by atoms with van der Waals surface area (Å²) in [6, 6.07) is 16.0. The van der Waals surface area contributed by atoms with Crippen molar-refractivity contribution in [3.63, 3.8) is 0 Å². The first-order chi connectivity index (χ1) is 8.93. The highest BCUT2D eigenvalue weighted by Crippen LogP contribution is 2.22. The molecule has 0 unspecified atom stereocenters. The SMILES string of the molecule is c1ccc(-c2cnnc(-c3cccnc3)c2)cc1. The van der Waals surface area contributed by atoms with Crippen LogP contribution < -0.4 is 0 Å². The van der Waals surface area contributed by atoms with Crippen molar-refractivity contribution in [2.45, 2.75) is 0 Å². The average molecular weight is 233 g/mol. The van der Waals surface area contributed by atoms with Crippen molar-refractivity contribution in [3.8, 4) is 22.4 Å². The van der Waals surface area contributed by atoms with E-state index in [9.17, 15) is 0 Å². The topological polar surface area (TPSA) is 38.7 Å². The molecule has 0 fully saturated rings. The van der Waals surface area contributed by atoms with Gasteiger partial charge in [-0.3, -0.25) is 4.98 Å². The molecule has 0 radical (unpaired) electrons. The predicted molar refractivity (Wildman–Crippen MR) is 70.7 cm³/mol. The fourth-order valence-electron chi connectivity index (χ4n) is 1.81. The van der Waals surface area contributed by atoms with E-state index in [1.165, 1.54) is 0 Å². The van der Waals surface area contributed by atoms with Gasteiger partial charge in [0.1, 0.15) is 0 Å². The van der Waals surface area contributed by atoms with Crippen LogP contribution in [0, 0.1) is 0 Å². The van der Waals surface area contributed by atoms with Crippen LogP contribution in [0.15, 0.2) is 67.1 Å². The molecule has 0 aliphatic rings. The van der Waals surface area contributed by atoms with E-state index in [1.807, 2.05) is 36.4 Å². The van der Waals surface area contributed by atoms with Crippen LogP contribution in [0.5, 0.6) is 0 Å². The van der Waals surface area contributed by atoms with Crippen molar-refractivity contribution in [3.05, 3.63) is 67.1 Å². The number of nitrogens with zero attached hydrogens (tertiary/aromatic N) is 3. The summed E-state index contributed by atoms with van der Waals surface area (Å²) in [7, 11) is 0. The molecule has 1 aromatic carbocycles. The number of rotatable bonds is 2. The molecule has 0 aliphatic heterocycles. The Morgan fingerprint density at radius 3 is 2.33 bits per heavy atom. The third kappa shape index (κ3) is 2.11. The Balaban J connectivity index is 2.05. The first kappa shape index (κ1) is 10.6. The Morgan fingerprint density at radius 1 is 0.722 bits per heavy atom. The maximum atomic E-state index is 4.15. The molecule has 0 bridgehead atoms. The Hall–Kier alpha value is -2.55. The van der Waals surface area contributed by atoms with Gasteiger partial charge in [-0.05, 0) is 23.8 Å². The van der Waals surface area contributed by atoms with Gasteiger partial charge in [0.15, 0.2) is 0 Å². The number of hydrogen-bond acceptors (Lipinski definition) is 3. The van der Waals surface area contributed by atoms with Crippen molar-refractivity contribution in [2.24, 2.45) is 0 Å². The van der Waals surface area contributed by atoms with Crippen LogP contribution in [-0.2, 0) is 0 Å². The van der Waals surface area contributed by atoms with Gasteiger partial charge in [0.2, 0.25) is 0 Å². The molecule has 18 heavy (non-hydrogen) atoms. The smallest absolute Gasteiger partial charge is 0.0951 e. The highest BCUT2D eigenvalue weighted by atomic mass is 15.1. The average Bonchev–Trinajstić information content (AvgIpc) is 2.49. The Bertz CT molecular complexity index is 581. The Morgan fingerprint density at radius 2 is 1.56 bits per heavy atom. The van der Waals surface area contributed by atoms with Crippen LogP contribution >= 0.6 is 0 Å². The summed E-state index contributed by atoms with van der Waals surface area (Å²) in [6.45, 7) is 0. The summed E-state index contributed by atoms with van der Waals surface area (Å²) in [5, 5.41) is 8.20. The van der Waals surface area contributed by atoms with Crippen LogP contribution in [0.25, 0.3) is 22.4 Å². The van der Waals surface area contributed by atoms with Crippen molar-refractivity contribution < 1.29 is 0 Å². The predicted octanol–water partition coefficient (Wildman–Crippen LogP) is 3.21. The molecule has 0 N–H and O–H groups in total. The van der Waals surface area contributed by atoms with Crippen LogP contribution in [-0.4, -0.2) is 15.2 Å². The fraction of sp³-hybridized carbons (Fsp3) is 0. The lowest BCUT2D eigenvalue weighted by atomic mass is 10.1. The molecule has 2 aromatic heterocycles. The molecule has 3 rings (SSSR count). The zero-order chi connectivity index (χ0) is 12.2. The molecule has 0 aliphatic carbocycles. The highest BCUT2D eigenvalue weighted by Gasteiger charge is 2.03. The zero-order valence-electron chi connectivity index (χ0n) is 9.69. The zero-order valence-corrected chi connectivity index (χ0v) is 9.69. The van der Waals surface area contributed by atoms with E-state index >= 15 is 0 Å². The third-order valence-corrected chi connectivity index (χ3v) is 2.72. The molecule has 0 atom stereocenters. The summed E-state index contributed by atoms with van der Waals surface area (Å²) in [6.07, 6.45) is 5.31. The summed E-state index contributed by atoms with van der Waals surface area (Å²) in [5.74, 6) is 0. The lowest BCUT2D eigenvalue weighted by Crippen LogP contribution is -1.89. The Kier molecular flexibility index (Phi) is 2.80. The minimum Gasteiger partial charge on any atom is -0.264 e. The summed E-state index contributed by atoms with van der Waals surface area (Å²) in [4.78, 5) is 4.10. The second kappa shape index (κ2) is 4.75. The van der Waals surface area contributed by atoms with Crippen molar-refractivity contribution in [1.82, 2.24) is 15.2 Å². The van der Waals surface area contributed by atoms with Gasteiger partial charge in [-0.25, -0.2) is 0 Å². The standard InChI is InChI=1S/C15H11N3/c1-2-5-12(6-3-1)14-9-15(18-17-11-14)13-7-4-8-16-10-13/h1-11H. The van der Waals surface area contributed by atoms with Crippen LogP contribution in [0.1, 0.15) is 0 Å². The van der Waals surface area contributed by atoms with Gasteiger partial charge < -0.3 is 0 Å². The number of aromatic nitrogens is 3. The first-order valence-corrected chi connectivity index (χ1v) is 5.72. The third-order valence-electron chi connectivity index (χ3n) is 2.72. The molecule has 0 saturated carbocycles. The lowest BCUT2D eigenvalue weighted by Gasteiger charge is -2.03. The van der Waals surface area contributed by atoms with Crippen LogP contribution in [0.2, 0.25) is 0 Å². The minimum atomic E-state index is 0.837. The van der Waals surface area contributed by atoms with E-state index in [4.69, 9.17) is 0 Å². The van der Waals surface area contributed by atoms with Crippen LogP contribution in [0.3, 0.4) is 0 Å². The van der Waals surface area contributed by atoms with E-state index in [2.05, 4.69) is 27.3 Å². The van der Waals surface area contributed by atoms with Gasteiger partial charge in [0.25, 0.3) is 0 Å². The van der Waals surface area contributed by atoms with Gasteiger partial charge in [-0.2, -0.15) is 10.2 Å². The molecule has 86 valence electrons. The van der Waals surface area contributed by atoms with Gasteiger partial charge in [-0.15, -0.1) is 0 Å². The molecular weight excluding hydrogens is 222 g/mol. The molecular formula is C15H11N3. The molecule has 3 nitrogen and oxygen atoms in total. The van der Waals surface area contributed by atoms with Gasteiger partial charge >= 0.3 is 0 Å². The number of benzene rings is 1. The maximum absolute atomic E-state index is 4.15. The fourth-order valence-corrected chi connectivity index (χ4v) is 1.81. The molecule has 3 aromatic rings. The second-order valence-corrected chi connectivity index (χ2v) is 3.94. The van der Waals surface area contributed by atoms with E-state index in [0.717, 1.165) is 22.4 Å². The molecule has 0 spiro atoms. The highest BCUT2D eigenvalue weighted by molar-refractivity contribution is 5.68. The van der Waals surface area contributed by atoms with Crippen molar-refractivity contribution in [2.75, 3.05) is 0 Å². The van der Waals surface area contributed by atoms with Crippen LogP contribution in [0.4, 0.5) is 0 Å². The van der Waals surface area contributed by atoms with E-state index in [-0.39, 0.29) is 0 Å². The minimum absolute atomic E-state index is 0.837. The van der Waals surface area contributed by atoms with E-state index in [0.29, 0.717) is 0 Å². The van der Waals surface area contributed by atoms with E-state index < -0.39 is 0 Å². The molecule has 3 heteroatoms. The molecule has 0 saturated heterocycles. The number of hydrogen-bond donors (Lipinski definition) is 0. The first-order valence-electron chi connectivity index (χ1n) is 5.72. The monoisotopic (exact) mass is 233 g/mol. The molecule has 2 heterocycles. The maximum Gasteiger partial charge on any atom is 0.0951 e. The normalized spacial score (nSPS) is 10.2. The van der Waals surface area contributed by atoms with Crippen molar-refractivity contribution in [1.29, 1.82) is 0 Å².